The lowest BCUT2D eigenvalue weighted by Crippen LogP contribution is -2.55. The molecule has 2 amide bonds. The van der Waals surface area contributed by atoms with E-state index in [0.29, 0.717) is 43.4 Å². The molecule has 1 aromatic heterocycles. The summed E-state index contributed by atoms with van der Waals surface area (Å²) in [4.78, 5) is 32.4. The topological polar surface area (TPSA) is 74.9 Å². The maximum atomic E-state index is 12.8. The van der Waals surface area contributed by atoms with Crippen LogP contribution >= 0.6 is 0 Å². The number of fused-ring (bicyclic) bond motifs is 2. The molecule has 1 N–H and O–H groups in total. The first kappa shape index (κ1) is 17.6. The summed E-state index contributed by atoms with van der Waals surface area (Å²) in [5, 5.41) is 1.01. The van der Waals surface area contributed by atoms with Crippen LogP contribution in [0.5, 0.6) is 11.5 Å². The lowest BCUT2D eigenvalue weighted by molar-refractivity contribution is -0.142. The average Bonchev–Trinajstić information content (AvgIpc) is 3.22. The standard InChI is InChI=1S/C22H21N3O4/c26-21(17-13-15-5-1-2-6-16(15)23-17)24-9-11-25(12-10-24)22(27)20-14-28-18-7-3-4-8-19(18)29-20/h1-8,13,20,23H,9-12,14H2/t20-/m0/s1. The first-order valence-corrected chi connectivity index (χ1v) is 9.73. The fourth-order valence-corrected chi connectivity index (χ4v) is 3.83. The van der Waals surface area contributed by atoms with Crippen LogP contribution in [0.1, 0.15) is 10.5 Å². The normalized spacial score (nSPS) is 18.7. The van der Waals surface area contributed by atoms with Crippen molar-refractivity contribution in [1.29, 1.82) is 0 Å². The van der Waals surface area contributed by atoms with Crippen LogP contribution in [0.4, 0.5) is 0 Å². The van der Waals surface area contributed by atoms with Gasteiger partial charge in [-0.05, 0) is 24.3 Å². The van der Waals surface area contributed by atoms with Crippen molar-refractivity contribution in [3.8, 4) is 11.5 Å². The van der Waals surface area contributed by atoms with Crippen molar-refractivity contribution in [3.05, 3.63) is 60.3 Å². The molecule has 1 saturated heterocycles. The number of piperazine rings is 1. The molecule has 148 valence electrons. The van der Waals surface area contributed by atoms with Gasteiger partial charge in [0.15, 0.2) is 11.5 Å². The lowest BCUT2D eigenvalue weighted by Gasteiger charge is -2.37. The van der Waals surface area contributed by atoms with E-state index in [1.54, 1.807) is 15.9 Å². The molecule has 0 aliphatic carbocycles. The first-order valence-electron chi connectivity index (χ1n) is 9.73. The number of ether oxygens (including phenoxy) is 2. The number of rotatable bonds is 2. The summed E-state index contributed by atoms with van der Waals surface area (Å²) in [5.74, 6) is 1.10. The first-order chi connectivity index (χ1) is 14.2. The molecule has 1 fully saturated rings. The minimum atomic E-state index is -0.652. The minimum absolute atomic E-state index is 0.0422. The van der Waals surface area contributed by atoms with E-state index in [2.05, 4.69) is 4.98 Å². The number of H-pyrrole nitrogens is 1. The molecule has 2 aliphatic heterocycles. The number of hydrogen-bond acceptors (Lipinski definition) is 4. The Morgan fingerprint density at radius 3 is 2.38 bits per heavy atom. The molecule has 2 aromatic carbocycles. The summed E-state index contributed by atoms with van der Waals surface area (Å²) < 4.78 is 11.5. The molecule has 29 heavy (non-hydrogen) atoms. The van der Waals surface area contributed by atoms with Crippen LogP contribution in [0.25, 0.3) is 10.9 Å². The number of aromatic amines is 1. The predicted molar refractivity (Wildman–Crippen MR) is 107 cm³/mol. The Hall–Kier alpha value is -3.48. The molecule has 0 bridgehead atoms. The van der Waals surface area contributed by atoms with Crippen molar-refractivity contribution in [1.82, 2.24) is 14.8 Å². The van der Waals surface area contributed by atoms with Crippen LogP contribution in [-0.4, -0.2) is 65.5 Å². The highest BCUT2D eigenvalue weighted by atomic mass is 16.6. The zero-order chi connectivity index (χ0) is 19.8. The van der Waals surface area contributed by atoms with E-state index in [1.165, 1.54) is 0 Å². The molecule has 2 aliphatic rings. The minimum Gasteiger partial charge on any atom is -0.485 e. The molecular weight excluding hydrogens is 370 g/mol. The number of carbonyl (C=O) groups excluding carboxylic acids is 2. The van der Waals surface area contributed by atoms with Crippen LogP contribution in [0, 0.1) is 0 Å². The fraction of sp³-hybridized carbons (Fsp3) is 0.273. The Morgan fingerprint density at radius 2 is 1.59 bits per heavy atom. The van der Waals surface area contributed by atoms with E-state index >= 15 is 0 Å². The Morgan fingerprint density at radius 1 is 0.897 bits per heavy atom. The zero-order valence-electron chi connectivity index (χ0n) is 15.8. The second-order valence-corrected chi connectivity index (χ2v) is 7.25. The number of carbonyl (C=O) groups is 2. The van der Waals surface area contributed by atoms with Gasteiger partial charge in [0.25, 0.3) is 11.8 Å². The molecule has 0 saturated carbocycles. The maximum absolute atomic E-state index is 12.8. The van der Waals surface area contributed by atoms with Crippen molar-refractivity contribution in [2.45, 2.75) is 6.10 Å². The third kappa shape index (κ3) is 3.29. The van der Waals surface area contributed by atoms with Crippen LogP contribution in [0.2, 0.25) is 0 Å². The molecule has 0 unspecified atom stereocenters. The Bertz CT molecular complexity index is 1040. The number of aromatic nitrogens is 1. The largest absolute Gasteiger partial charge is 0.485 e. The SMILES string of the molecule is O=C(c1cc2ccccc2[nH]1)N1CCN(C(=O)[C@@H]2COc3ccccc3O2)CC1. The number of nitrogens with one attached hydrogen (secondary N) is 1. The smallest absolute Gasteiger partial charge is 0.270 e. The van der Waals surface area contributed by atoms with E-state index in [1.807, 2.05) is 48.5 Å². The molecule has 7 nitrogen and oxygen atoms in total. The highest BCUT2D eigenvalue weighted by Gasteiger charge is 2.33. The maximum Gasteiger partial charge on any atom is 0.270 e. The summed E-state index contributed by atoms with van der Waals surface area (Å²) in [6.45, 7) is 2.14. The molecular formula is C22H21N3O4. The lowest BCUT2D eigenvalue weighted by atomic mass is 10.2. The highest BCUT2D eigenvalue weighted by Crippen LogP contribution is 2.31. The zero-order valence-corrected chi connectivity index (χ0v) is 15.8. The van der Waals surface area contributed by atoms with Crippen molar-refractivity contribution in [2.24, 2.45) is 0 Å². The second-order valence-electron chi connectivity index (χ2n) is 7.25. The number of para-hydroxylation sites is 3. The molecule has 3 heterocycles. The van der Waals surface area contributed by atoms with E-state index in [0.717, 1.165) is 10.9 Å². The summed E-state index contributed by atoms with van der Waals surface area (Å²) in [6.07, 6.45) is -0.652. The van der Waals surface area contributed by atoms with E-state index in [4.69, 9.17) is 9.47 Å². The van der Waals surface area contributed by atoms with E-state index in [9.17, 15) is 9.59 Å². The number of amides is 2. The van der Waals surface area contributed by atoms with E-state index in [-0.39, 0.29) is 18.4 Å². The summed E-state index contributed by atoms with van der Waals surface area (Å²) in [5.41, 5.74) is 1.52. The van der Waals surface area contributed by atoms with Gasteiger partial charge in [0.05, 0.1) is 0 Å². The molecule has 5 rings (SSSR count). The quantitative estimate of drug-likeness (QED) is 0.727. The van der Waals surface area contributed by atoms with Gasteiger partial charge in [-0.25, -0.2) is 0 Å². The van der Waals surface area contributed by atoms with Gasteiger partial charge in [-0.15, -0.1) is 0 Å². The number of benzene rings is 2. The number of hydrogen-bond donors (Lipinski definition) is 1. The monoisotopic (exact) mass is 391 g/mol. The molecule has 0 spiro atoms. The van der Waals surface area contributed by atoms with Gasteiger partial charge in [0, 0.05) is 37.1 Å². The summed E-state index contributed by atoms with van der Waals surface area (Å²) in [6, 6.07) is 17.0. The Balaban J connectivity index is 1.21. The fourth-order valence-electron chi connectivity index (χ4n) is 3.83. The highest BCUT2D eigenvalue weighted by molar-refractivity contribution is 5.98. The Kier molecular flexibility index (Phi) is 4.35. The van der Waals surface area contributed by atoms with Gasteiger partial charge in [-0.1, -0.05) is 30.3 Å². The van der Waals surface area contributed by atoms with Crippen LogP contribution in [-0.2, 0) is 4.79 Å². The predicted octanol–water partition coefficient (Wildman–Crippen LogP) is 2.29. The van der Waals surface area contributed by atoms with Gasteiger partial charge in [0.1, 0.15) is 12.3 Å². The van der Waals surface area contributed by atoms with Gasteiger partial charge < -0.3 is 24.3 Å². The van der Waals surface area contributed by atoms with Crippen molar-refractivity contribution >= 4 is 22.7 Å². The summed E-state index contributed by atoms with van der Waals surface area (Å²) in [7, 11) is 0. The molecule has 7 heteroatoms. The van der Waals surface area contributed by atoms with Gasteiger partial charge >= 0.3 is 0 Å². The van der Waals surface area contributed by atoms with E-state index < -0.39 is 6.10 Å². The van der Waals surface area contributed by atoms with Gasteiger partial charge in [0.2, 0.25) is 6.10 Å². The van der Waals surface area contributed by atoms with Gasteiger partial charge in [-0.3, -0.25) is 9.59 Å². The number of nitrogens with zero attached hydrogens (tertiary/aromatic N) is 2. The second kappa shape index (κ2) is 7.16. The van der Waals surface area contributed by atoms with Crippen molar-refractivity contribution in [2.75, 3.05) is 32.8 Å². The molecule has 0 radical (unpaired) electrons. The van der Waals surface area contributed by atoms with Crippen molar-refractivity contribution in [3.63, 3.8) is 0 Å². The van der Waals surface area contributed by atoms with Crippen LogP contribution in [0.15, 0.2) is 54.6 Å². The third-order valence-corrected chi connectivity index (χ3v) is 5.42. The molecule has 1 atom stereocenters. The Labute approximate surface area is 167 Å². The third-order valence-electron chi connectivity index (χ3n) is 5.42. The summed E-state index contributed by atoms with van der Waals surface area (Å²) >= 11 is 0. The average molecular weight is 391 g/mol. The van der Waals surface area contributed by atoms with Crippen molar-refractivity contribution < 1.29 is 19.1 Å². The van der Waals surface area contributed by atoms with Crippen LogP contribution in [0.3, 0.4) is 0 Å². The molecule has 3 aromatic rings. The van der Waals surface area contributed by atoms with Gasteiger partial charge in [-0.2, -0.15) is 0 Å². The van der Waals surface area contributed by atoms with Crippen LogP contribution < -0.4 is 9.47 Å².